The Morgan fingerprint density at radius 1 is 1.58 bits per heavy atom. The lowest BCUT2D eigenvalue weighted by atomic mass is 9.94. The summed E-state index contributed by atoms with van der Waals surface area (Å²) in [6.07, 6.45) is 3.30. The van der Waals surface area contributed by atoms with Crippen LogP contribution < -0.4 is 10.6 Å². The van der Waals surface area contributed by atoms with Crippen LogP contribution in [0, 0.1) is 0 Å². The van der Waals surface area contributed by atoms with Gasteiger partial charge in [0.15, 0.2) is 0 Å². The van der Waals surface area contributed by atoms with Crippen molar-refractivity contribution in [3.05, 3.63) is 18.6 Å². The fraction of sp³-hybridized carbons (Fsp3) is 0.500. The van der Waals surface area contributed by atoms with Crippen molar-refractivity contribution in [2.45, 2.75) is 12.5 Å². The third-order valence-corrected chi connectivity index (χ3v) is 1.99. The van der Waals surface area contributed by atoms with Crippen LogP contribution in [0.3, 0.4) is 0 Å². The van der Waals surface area contributed by atoms with Gasteiger partial charge in [0.2, 0.25) is 0 Å². The number of nitrogens with two attached hydrogens (primary N) is 1. The maximum absolute atomic E-state index is 5.86. The smallest absolute Gasteiger partial charge is 0.132 e. The molecule has 2 N–H and O–H groups in total. The molecule has 0 aliphatic carbocycles. The van der Waals surface area contributed by atoms with Gasteiger partial charge in [-0.2, -0.15) is 0 Å². The maximum Gasteiger partial charge on any atom is 0.132 e. The maximum atomic E-state index is 5.86. The lowest BCUT2D eigenvalue weighted by molar-refractivity contribution is 0.362. The normalized spacial score (nSPS) is 20.3. The SMILES string of the molecule is CC1(N)CN(c2ccncn2)C1. The Morgan fingerprint density at radius 2 is 2.33 bits per heavy atom. The Hall–Kier alpha value is -1.16. The monoisotopic (exact) mass is 164 g/mol. The molecule has 0 aromatic carbocycles. The summed E-state index contributed by atoms with van der Waals surface area (Å²) in [6.45, 7) is 3.80. The molecule has 1 fully saturated rings. The fourth-order valence-corrected chi connectivity index (χ4v) is 1.46. The second-order valence-corrected chi connectivity index (χ2v) is 3.58. The molecule has 1 saturated heterocycles. The average Bonchev–Trinajstić information content (AvgIpc) is 2.02. The number of anilines is 1. The topological polar surface area (TPSA) is 55.0 Å². The summed E-state index contributed by atoms with van der Waals surface area (Å²) >= 11 is 0. The summed E-state index contributed by atoms with van der Waals surface area (Å²) in [5.41, 5.74) is 5.83. The minimum absolute atomic E-state index is 0.0368. The van der Waals surface area contributed by atoms with E-state index in [-0.39, 0.29) is 5.54 Å². The van der Waals surface area contributed by atoms with E-state index in [4.69, 9.17) is 5.73 Å². The summed E-state index contributed by atoms with van der Waals surface area (Å²) < 4.78 is 0. The molecule has 4 heteroatoms. The number of hydrogen-bond acceptors (Lipinski definition) is 4. The lowest BCUT2D eigenvalue weighted by Crippen LogP contribution is -2.65. The molecule has 0 amide bonds. The van der Waals surface area contributed by atoms with E-state index in [9.17, 15) is 0 Å². The van der Waals surface area contributed by atoms with Gasteiger partial charge in [0.05, 0.1) is 0 Å². The molecule has 1 aliphatic heterocycles. The van der Waals surface area contributed by atoms with E-state index < -0.39 is 0 Å². The first kappa shape index (κ1) is 7.49. The zero-order valence-electron chi connectivity index (χ0n) is 7.07. The molecule has 12 heavy (non-hydrogen) atoms. The van der Waals surface area contributed by atoms with Gasteiger partial charge in [-0.15, -0.1) is 0 Å². The molecule has 1 aliphatic rings. The first-order chi connectivity index (χ1) is 5.67. The van der Waals surface area contributed by atoms with Crippen LogP contribution in [-0.4, -0.2) is 28.6 Å². The van der Waals surface area contributed by atoms with Crippen molar-refractivity contribution in [3.63, 3.8) is 0 Å². The van der Waals surface area contributed by atoms with Crippen molar-refractivity contribution < 1.29 is 0 Å². The highest BCUT2D eigenvalue weighted by Crippen LogP contribution is 2.22. The molecule has 0 bridgehead atoms. The Bertz CT molecular complexity index is 262. The molecule has 64 valence electrons. The summed E-state index contributed by atoms with van der Waals surface area (Å²) in [5.74, 6) is 0.966. The van der Waals surface area contributed by atoms with E-state index in [1.165, 1.54) is 0 Å². The Balaban J connectivity index is 2.06. The third kappa shape index (κ3) is 1.25. The van der Waals surface area contributed by atoms with E-state index in [0.29, 0.717) is 0 Å². The van der Waals surface area contributed by atoms with Crippen LogP contribution in [0.4, 0.5) is 5.82 Å². The predicted octanol–water partition coefficient (Wildman–Crippen LogP) is 0.0140. The number of aromatic nitrogens is 2. The second kappa shape index (κ2) is 2.42. The molecular formula is C8H12N4. The number of rotatable bonds is 1. The van der Waals surface area contributed by atoms with Gasteiger partial charge in [0.25, 0.3) is 0 Å². The molecule has 1 aromatic rings. The van der Waals surface area contributed by atoms with Crippen molar-refractivity contribution in [1.82, 2.24) is 9.97 Å². The van der Waals surface area contributed by atoms with Gasteiger partial charge in [0.1, 0.15) is 12.1 Å². The molecule has 0 saturated carbocycles. The minimum atomic E-state index is -0.0368. The molecule has 0 radical (unpaired) electrons. The van der Waals surface area contributed by atoms with E-state index in [2.05, 4.69) is 14.9 Å². The largest absolute Gasteiger partial charge is 0.353 e. The Morgan fingerprint density at radius 3 is 2.83 bits per heavy atom. The van der Waals surface area contributed by atoms with Crippen LogP contribution in [-0.2, 0) is 0 Å². The fourth-order valence-electron chi connectivity index (χ4n) is 1.46. The third-order valence-electron chi connectivity index (χ3n) is 1.99. The molecule has 2 rings (SSSR count). The summed E-state index contributed by atoms with van der Waals surface area (Å²) in [6, 6.07) is 1.90. The Kier molecular flexibility index (Phi) is 1.51. The number of hydrogen-bond donors (Lipinski definition) is 1. The van der Waals surface area contributed by atoms with Crippen molar-refractivity contribution in [3.8, 4) is 0 Å². The molecule has 0 unspecified atom stereocenters. The average molecular weight is 164 g/mol. The van der Waals surface area contributed by atoms with Gasteiger partial charge in [-0.05, 0) is 13.0 Å². The van der Waals surface area contributed by atoms with Crippen molar-refractivity contribution >= 4 is 5.82 Å². The van der Waals surface area contributed by atoms with E-state index in [1.54, 1.807) is 12.5 Å². The van der Waals surface area contributed by atoms with E-state index in [1.807, 2.05) is 13.0 Å². The highest BCUT2D eigenvalue weighted by atomic mass is 15.3. The van der Waals surface area contributed by atoms with Crippen LogP contribution in [0.1, 0.15) is 6.92 Å². The first-order valence-electron chi connectivity index (χ1n) is 3.97. The summed E-state index contributed by atoms with van der Waals surface area (Å²) in [7, 11) is 0. The second-order valence-electron chi connectivity index (χ2n) is 3.58. The Labute approximate surface area is 71.4 Å². The van der Waals surface area contributed by atoms with Crippen LogP contribution in [0.15, 0.2) is 18.6 Å². The van der Waals surface area contributed by atoms with E-state index in [0.717, 1.165) is 18.9 Å². The molecular weight excluding hydrogens is 152 g/mol. The molecule has 1 aromatic heterocycles. The summed E-state index contributed by atoms with van der Waals surface area (Å²) in [4.78, 5) is 10.1. The van der Waals surface area contributed by atoms with Crippen LogP contribution >= 0.6 is 0 Å². The number of nitrogens with zero attached hydrogens (tertiary/aromatic N) is 3. The zero-order valence-corrected chi connectivity index (χ0v) is 7.07. The highest BCUT2D eigenvalue weighted by Gasteiger charge is 2.35. The quantitative estimate of drug-likeness (QED) is 0.635. The van der Waals surface area contributed by atoms with Gasteiger partial charge in [0, 0.05) is 24.8 Å². The van der Waals surface area contributed by atoms with Crippen molar-refractivity contribution in [2.24, 2.45) is 5.73 Å². The van der Waals surface area contributed by atoms with Gasteiger partial charge in [-0.3, -0.25) is 0 Å². The van der Waals surface area contributed by atoms with Crippen LogP contribution in [0.2, 0.25) is 0 Å². The van der Waals surface area contributed by atoms with E-state index >= 15 is 0 Å². The minimum Gasteiger partial charge on any atom is -0.353 e. The molecule has 2 heterocycles. The van der Waals surface area contributed by atoms with Gasteiger partial charge in [-0.1, -0.05) is 0 Å². The molecule has 4 nitrogen and oxygen atoms in total. The first-order valence-corrected chi connectivity index (χ1v) is 3.97. The highest BCUT2D eigenvalue weighted by molar-refractivity contribution is 5.42. The molecule has 0 atom stereocenters. The van der Waals surface area contributed by atoms with Crippen LogP contribution in [0.25, 0.3) is 0 Å². The standard InChI is InChI=1S/C8H12N4/c1-8(9)4-12(5-8)7-2-3-10-6-11-7/h2-3,6H,4-5,9H2,1H3. The van der Waals surface area contributed by atoms with Gasteiger partial charge in [-0.25, -0.2) is 9.97 Å². The zero-order chi connectivity index (χ0) is 8.60. The molecule has 0 spiro atoms. The lowest BCUT2D eigenvalue weighted by Gasteiger charge is -2.46. The van der Waals surface area contributed by atoms with Crippen LogP contribution in [0.5, 0.6) is 0 Å². The van der Waals surface area contributed by atoms with Gasteiger partial charge >= 0.3 is 0 Å². The summed E-state index contributed by atoms with van der Waals surface area (Å²) in [5, 5.41) is 0. The van der Waals surface area contributed by atoms with Crippen molar-refractivity contribution in [1.29, 1.82) is 0 Å². The van der Waals surface area contributed by atoms with Gasteiger partial charge < -0.3 is 10.6 Å². The predicted molar refractivity (Wildman–Crippen MR) is 46.8 cm³/mol. The van der Waals surface area contributed by atoms with Crippen molar-refractivity contribution in [2.75, 3.05) is 18.0 Å².